The number of amidine groups is 2. The summed E-state index contributed by atoms with van der Waals surface area (Å²) in [5.41, 5.74) is 12.5. The first-order valence-electron chi connectivity index (χ1n) is 20.1. The zero-order valence-corrected chi connectivity index (χ0v) is 33.0. The van der Waals surface area contributed by atoms with Gasteiger partial charge in [-0.15, -0.1) is 11.3 Å². The van der Waals surface area contributed by atoms with Gasteiger partial charge in [-0.25, -0.2) is 15.0 Å². The molecule has 1 aliphatic heterocycles. The third-order valence-electron chi connectivity index (χ3n) is 11.6. The van der Waals surface area contributed by atoms with E-state index in [0.717, 1.165) is 83.5 Å². The van der Waals surface area contributed by atoms with E-state index in [9.17, 15) is 0 Å². The van der Waals surface area contributed by atoms with Crippen LogP contribution in [0.2, 0.25) is 0 Å². The van der Waals surface area contributed by atoms with Crippen LogP contribution in [0.4, 0.5) is 0 Å². The van der Waals surface area contributed by atoms with Crippen molar-refractivity contribution in [3.8, 4) is 33.5 Å². The minimum Gasteiger partial charge on any atom is -0.456 e. The Labute approximate surface area is 349 Å². The van der Waals surface area contributed by atoms with Gasteiger partial charge in [0.25, 0.3) is 0 Å². The molecule has 0 saturated carbocycles. The average molecular weight is 787 g/mol. The van der Waals surface area contributed by atoms with Gasteiger partial charge in [0.2, 0.25) is 0 Å². The molecule has 0 saturated heterocycles. The molecule has 60 heavy (non-hydrogen) atoms. The fourth-order valence-corrected chi connectivity index (χ4v) is 9.83. The highest BCUT2D eigenvalue weighted by Crippen LogP contribution is 2.44. The summed E-state index contributed by atoms with van der Waals surface area (Å²) in [6.45, 7) is 0. The van der Waals surface area contributed by atoms with Crippen molar-refractivity contribution >= 4 is 76.0 Å². The summed E-state index contributed by atoms with van der Waals surface area (Å²) in [5.74, 6) is 1.47. The topological polar surface area (TPSA) is 62.8 Å². The maximum Gasteiger partial charge on any atom is 0.159 e. The number of aliphatic imine (C=N–C) groups is 2. The summed E-state index contributed by atoms with van der Waals surface area (Å²) >= 11 is 1.82. The van der Waals surface area contributed by atoms with Gasteiger partial charge in [0.05, 0.1) is 15.9 Å². The molecule has 1 atom stereocenters. The van der Waals surface area contributed by atoms with Gasteiger partial charge in [-0.3, -0.25) is 0 Å². The number of pyridine rings is 1. The minimum atomic E-state index is -0.293. The highest BCUT2D eigenvalue weighted by atomic mass is 32.1. The molecule has 0 amide bonds. The molecule has 1 aliphatic rings. The van der Waals surface area contributed by atoms with E-state index >= 15 is 0 Å². The van der Waals surface area contributed by atoms with Crippen LogP contribution in [0.3, 0.4) is 0 Å². The molecule has 11 aromatic rings. The van der Waals surface area contributed by atoms with Gasteiger partial charge in [0.15, 0.2) is 5.84 Å². The molecule has 0 fully saturated rings. The number of hydrogen-bond acceptors (Lipinski definition) is 6. The SMILES string of the molecule is c1ccc(-c2nc3ccccc3c3c2sc2ccc(-c4ccc(C5=NC(c6ccccc6)NC(c6ccc(-c7cccc8oc9ccccc9c78)cc6)=N5)cc4)cc23)cc1. The van der Waals surface area contributed by atoms with Crippen LogP contribution < -0.4 is 5.32 Å². The van der Waals surface area contributed by atoms with Crippen molar-refractivity contribution in [2.24, 2.45) is 9.98 Å². The van der Waals surface area contributed by atoms with Crippen LogP contribution in [0, 0.1) is 0 Å². The number of hydrogen-bond donors (Lipinski definition) is 1. The highest BCUT2D eigenvalue weighted by molar-refractivity contribution is 7.26. The number of rotatable bonds is 6. The number of thiophene rings is 1. The van der Waals surface area contributed by atoms with E-state index in [2.05, 4.69) is 175 Å². The summed E-state index contributed by atoms with van der Waals surface area (Å²) in [4.78, 5) is 15.5. The summed E-state index contributed by atoms with van der Waals surface area (Å²) in [5, 5.41) is 9.56. The average Bonchev–Trinajstić information content (AvgIpc) is 3.91. The van der Waals surface area contributed by atoms with Gasteiger partial charge in [-0.05, 0) is 58.1 Å². The Morgan fingerprint density at radius 3 is 1.98 bits per heavy atom. The lowest BCUT2D eigenvalue weighted by molar-refractivity contribution is 0.669. The fourth-order valence-electron chi connectivity index (χ4n) is 8.62. The molecule has 5 nitrogen and oxygen atoms in total. The summed E-state index contributed by atoms with van der Waals surface area (Å²) < 4.78 is 8.65. The molecule has 0 bridgehead atoms. The third kappa shape index (κ3) is 5.80. The standard InChI is InChI=1S/C54H34N4OS/c1-3-12-35(13-4-1)50-51-49(41-16-7-9-19-44(41)55-50)43-32-39(30-31-47(43)60-51)33-22-26-37(27-23-33)53-56-52(36-14-5-2-6-15-36)57-54(58-53)38-28-24-34(25-29-38)40-18-11-21-46-48(40)42-17-8-10-20-45(42)59-46/h1-32,52H,(H,56,57,58). The number of furan rings is 1. The summed E-state index contributed by atoms with van der Waals surface area (Å²) in [7, 11) is 0. The molecule has 8 aromatic carbocycles. The van der Waals surface area contributed by atoms with E-state index < -0.39 is 0 Å². The lowest BCUT2D eigenvalue weighted by Gasteiger charge is -2.24. The Kier molecular flexibility index (Phi) is 8.03. The number of para-hydroxylation sites is 2. The van der Waals surface area contributed by atoms with Crippen LogP contribution >= 0.6 is 11.3 Å². The molecule has 1 N–H and O–H groups in total. The van der Waals surface area contributed by atoms with Gasteiger partial charge in [0, 0.05) is 48.3 Å². The predicted molar refractivity (Wildman–Crippen MR) is 250 cm³/mol. The van der Waals surface area contributed by atoms with Crippen molar-refractivity contribution in [3.63, 3.8) is 0 Å². The number of benzene rings is 8. The highest BCUT2D eigenvalue weighted by Gasteiger charge is 2.22. The second-order valence-corrected chi connectivity index (χ2v) is 16.2. The lowest BCUT2D eigenvalue weighted by atomic mass is 9.98. The molecule has 3 aromatic heterocycles. The van der Waals surface area contributed by atoms with E-state index in [4.69, 9.17) is 19.4 Å². The van der Waals surface area contributed by atoms with Crippen molar-refractivity contribution in [3.05, 3.63) is 211 Å². The van der Waals surface area contributed by atoms with Crippen molar-refractivity contribution in [2.45, 2.75) is 6.17 Å². The predicted octanol–water partition coefficient (Wildman–Crippen LogP) is 14.0. The van der Waals surface area contributed by atoms with Crippen LogP contribution in [0.15, 0.2) is 209 Å². The van der Waals surface area contributed by atoms with E-state index in [-0.39, 0.29) is 6.17 Å². The zero-order chi connectivity index (χ0) is 39.6. The molecular weight excluding hydrogens is 753 g/mol. The van der Waals surface area contributed by atoms with Crippen LogP contribution in [0.25, 0.3) is 86.5 Å². The molecule has 0 aliphatic carbocycles. The first kappa shape index (κ1) is 34.4. The van der Waals surface area contributed by atoms with Crippen molar-refractivity contribution in [1.82, 2.24) is 10.3 Å². The van der Waals surface area contributed by atoms with Crippen LogP contribution in [0.5, 0.6) is 0 Å². The molecular formula is C54H34N4OS. The van der Waals surface area contributed by atoms with E-state index in [1.54, 1.807) is 0 Å². The maximum absolute atomic E-state index is 6.19. The zero-order valence-electron chi connectivity index (χ0n) is 32.2. The van der Waals surface area contributed by atoms with E-state index in [1.165, 1.54) is 25.6 Å². The van der Waals surface area contributed by atoms with Crippen LogP contribution in [-0.4, -0.2) is 16.7 Å². The molecule has 1 unspecified atom stereocenters. The van der Waals surface area contributed by atoms with Gasteiger partial charge in [-0.1, -0.05) is 164 Å². The quantitative estimate of drug-likeness (QED) is 0.183. The van der Waals surface area contributed by atoms with Gasteiger partial charge in [0.1, 0.15) is 23.2 Å². The largest absolute Gasteiger partial charge is 0.456 e. The molecule has 0 spiro atoms. The maximum atomic E-state index is 6.19. The molecule has 282 valence electrons. The number of nitrogens with zero attached hydrogens (tertiary/aromatic N) is 3. The number of aromatic nitrogens is 1. The second kappa shape index (κ2) is 14.0. The molecule has 12 rings (SSSR count). The molecule has 0 radical (unpaired) electrons. The Morgan fingerprint density at radius 1 is 0.483 bits per heavy atom. The van der Waals surface area contributed by atoms with Gasteiger partial charge in [-0.2, -0.15) is 0 Å². The van der Waals surface area contributed by atoms with E-state index in [0.29, 0.717) is 5.84 Å². The Bertz CT molecular complexity index is 3490. The fraction of sp³-hybridized carbons (Fsp3) is 0.0185. The third-order valence-corrected chi connectivity index (χ3v) is 12.7. The van der Waals surface area contributed by atoms with Gasteiger partial charge >= 0.3 is 0 Å². The summed E-state index contributed by atoms with van der Waals surface area (Å²) in [6, 6.07) is 68.0. The van der Waals surface area contributed by atoms with Crippen LogP contribution in [-0.2, 0) is 0 Å². The second-order valence-electron chi connectivity index (χ2n) is 15.2. The minimum absolute atomic E-state index is 0.293. The number of nitrogens with one attached hydrogen (secondary N) is 1. The Balaban J connectivity index is 0.908. The van der Waals surface area contributed by atoms with Crippen LogP contribution in [0.1, 0.15) is 22.9 Å². The monoisotopic (exact) mass is 786 g/mol. The van der Waals surface area contributed by atoms with Gasteiger partial charge < -0.3 is 9.73 Å². The van der Waals surface area contributed by atoms with Crippen molar-refractivity contribution in [2.75, 3.05) is 0 Å². The Morgan fingerprint density at radius 2 is 1.15 bits per heavy atom. The van der Waals surface area contributed by atoms with Crippen molar-refractivity contribution < 1.29 is 4.42 Å². The first-order chi connectivity index (χ1) is 29.7. The lowest BCUT2D eigenvalue weighted by Crippen LogP contribution is -2.33. The molecule has 6 heteroatoms. The normalized spacial score (nSPS) is 14.2. The Hall–Kier alpha value is -7.67. The smallest absolute Gasteiger partial charge is 0.159 e. The molecule has 4 heterocycles. The first-order valence-corrected chi connectivity index (χ1v) is 20.9. The van der Waals surface area contributed by atoms with E-state index in [1.807, 2.05) is 35.6 Å². The summed E-state index contributed by atoms with van der Waals surface area (Å²) in [6.07, 6.45) is -0.293. The number of fused-ring (bicyclic) bond motifs is 8. The van der Waals surface area contributed by atoms with Crippen molar-refractivity contribution in [1.29, 1.82) is 0 Å².